The van der Waals surface area contributed by atoms with Crippen LogP contribution < -0.4 is 14.8 Å². The summed E-state index contributed by atoms with van der Waals surface area (Å²) in [7, 11) is 1.60. The van der Waals surface area contributed by atoms with E-state index in [1.165, 1.54) is 0 Å². The monoisotopic (exact) mass is 451 g/mol. The zero-order valence-electron chi connectivity index (χ0n) is 17.2. The predicted octanol–water partition coefficient (Wildman–Crippen LogP) is 3.61. The van der Waals surface area contributed by atoms with Crippen molar-refractivity contribution in [1.29, 1.82) is 0 Å². The van der Waals surface area contributed by atoms with Gasteiger partial charge in [-0.3, -0.25) is 9.59 Å². The average molecular weight is 452 g/mol. The molecule has 0 bridgehead atoms. The average Bonchev–Trinajstić information content (AvgIpc) is 2.76. The lowest BCUT2D eigenvalue weighted by atomic mass is 10.1. The van der Waals surface area contributed by atoms with E-state index in [1.807, 2.05) is 24.3 Å². The summed E-state index contributed by atoms with van der Waals surface area (Å²) in [6.45, 7) is 2.52. The number of carboxylic acid groups (broad SMARTS) is 2. The van der Waals surface area contributed by atoms with Gasteiger partial charge in [0.1, 0.15) is 5.75 Å². The number of nitrogens with one attached hydrogen (secondary N) is 1. The summed E-state index contributed by atoms with van der Waals surface area (Å²) in [4.78, 5) is 19.3. The number of benzene rings is 2. The van der Waals surface area contributed by atoms with Crippen LogP contribution in [0, 0.1) is 0 Å². The van der Waals surface area contributed by atoms with Crippen molar-refractivity contribution in [1.82, 2.24) is 5.32 Å². The second kappa shape index (κ2) is 12.8. The van der Waals surface area contributed by atoms with Gasteiger partial charge in [0.2, 0.25) is 0 Å². The van der Waals surface area contributed by atoms with Crippen molar-refractivity contribution in [3.05, 3.63) is 53.1 Å². The van der Waals surface area contributed by atoms with Crippen LogP contribution in [0.1, 0.15) is 18.4 Å². The number of carboxylic acids is 2. The Morgan fingerprint density at radius 3 is 2.42 bits per heavy atom. The van der Waals surface area contributed by atoms with Gasteiger partial charge in [0.15, 0.2) is 11.5 Å². The van der Waals surface area contributed by atoms with Gasteiger partial charge in [-0.05, 0) is 23.8 Å². The van der Waals surface area contributed by atoms with Gasteiger partial charge in [0, 0.05) is 30.6 Å². The number of para-hydroxylation sites is 1. The summed E-state index contributed by atoms with van der Waals surface area (Å²) in [5.41, 5.74) is 1.11. The predicted molar refractivity (Wildman–Crippen MR) is 115 cm³/mol. The molecule has 8 nitrogen and oxygen atoms in total. The molecule has 0 saturated carbocycles. The van der Waals surface area contributed by atoms with Gasteiger partial charge in [-0.2, -0.15) is 0 Å². The Bertz CT molecular complexity index is 855. The van der Waals surface area contributed by atoms with Crippen molar-refractivity contribution in [2.24, 2.45) is 0 Å². The fourth-order valence-corrected chi connectivity index (χ4v) is 2.99. The Morgan fingerprint density at radius 2 is 1.81 bits per heavy atom. The molecule has 31 heavy (non-hydrogen) atoms. The van der Waals surface area contributed by atoms with Crippen LogP contribution in [0.15, 0.2) is 42.5 Å². The Morgan fingerprint density at radius 1 is 1.10 bits per heavy atom. The smallest absolute Gasteiger partial charge is 0.303 e. The molecule has 2 aromatic rings. The highest BCUT2D eigenvalue weighted by atomic mass is 35.5. The van der Waals surface area contributed by atoms with E-state index in [4.69, 9.17) is 36.0 Å². The highest BCUT2D eigenvalue weighted by Gasteiger charge is 2.17. The standard InChI is InChI=1S/C18H20ClNO3.C4H6O4/c1-21-18-11-14(19)6-7-17(18)23-16-5-3-2-4-13(16)10-15-12-20-8-9-22-15;5-3(6)1-2-4(7)8/h2-7,11,15,20H,8-10,12H2,1H3;1-2H2,(H,5,6)(H,7,8)/t15-;/m0./s1. The molecular weight excluding hydrogens is 426 g/mol. The van der Waals surface area contributed by atoms with E-state index >= 15 is 0 Å². The molecule has 2 aromatic carbocycles. The van der Waals surface area contributed by atoms with E-state index in [1.54, 1.807) is 19.2 Å². The maximum Gasteiger partial charge on any atom is 0.303 e. The normalized spacial score (nSPS) is 15.4. The minimum atomic E-state index is -1.08. The lowest BCUT2D eigenvalue weighted by Crippen LogP contribution is -2.39. The number of hydrogen-bond donors (Lipinski definition) is 3. The maximum atomic E-state index is 9.64. The van der Waals surface area contributed by atoms with Gasteiger partial charge < -0.3 is 29.7 Å². The quantitative estimate of drug-likeness (QED) is 0.557. The summed E-state index contributed by atoms with van der Waals surface area (Å²) >= 11 is 6.00. The molecule has 1 aliphatic rings. The zero-order chi connectivity index (χ0) is 22.6. The highest BCUT2D eigenvalue weighted by molar-refractivity contribution is 6.30. The van der Waals surface area contributed by atoms with Gasteiger partial charge in [-0.1, -0.05) is 29.8 Å². The Balaban J connectivity index is 0.000000366. The van der Waals surface area contributed by atoms with Crippen LogP contribution in [0.25, 0.3) is 0 Å². The van der Waals surface area contributed by atoms with Gasteiger partial charge in [-0.15, -0.1) is 0 Å². The third-order valence-corrected chi connectivity index (χ3v) is 4.56. The van der Waals surface area contributed by atoms with Crippen LogP contribution in [0.2, 0.25) is 5.02 Å². The number of halogens is 1. The first-order chi connectivity index (χ1) is 14.9. The number of carbonyl (C=O) groups is 2. The molecule has 9 heteroatoms. The van der Waals surface area contributed by atoms with Crippen molar-refractivity contribution in [2.45, 2.75) is 25.4 Å². The number of hydrogen-bond acceptors (Lipinski definition) is 6. The summed E-state index contributed by atoms with van der Waals surface area (Å²) in [6, 6.07) is 13.3. The van der Waals surface area contributed by atoms with Crippen LogP contribution in [0.4, 0.5) is 0 Å². The zero-order valence-corrected chi connectivity index (χ0v) is 17.9. The summed E-state index contributed by atoms with van der Waals surface area (Å²) in [5, 5.41) is 19.8. The van der Waals surface area contributed by atoms with Crippen molar-refractivity contribution >= 4 is 23.5 Å². The highest BCUT2D eigenvalue weighted by Crippen LogP contribution is 2.35. The summed E-state index contributed by atoms with van der Waals surface area (Å²) in [5.74, 6) is -0.0861. The molecule has 1 atom stereocenters. The van der Waals surface area contributed by atoms with Crippen LogP contribution in [-0.2, 0) is 20.7 Å². The molecule has 0 unspecified atom stereocenters. The second-order valence-corrected chi connectivity index (χ2v) is 7.13. The van der Waals surface area contributed by atoms with E-state index in [-0.39, 0.29) is 18.9 Å². The third kappa shape index (κ3) is 8.84. The lowest BCUT2D eigenvalue weighted by molar-refractivity contribution is -0.143. The Hall–Kier alpha value is -2.81. The topological polar surface area (TPSA) is 114 Å². The van der Waals surface area contributed by atoms with E-state index in [9.17, 15) is 9.59 Å². The van der Waals surface area contributed by atoms with Crippen molar-refractivity contribution in [3.63, 3.8) is 0 Å². The third-order valence-electron chi connectivity index (χ3n) is 4.32. The molecule has 1 aliphatic heterocycles. The molecule has 0 amide bonds. The molecule has 0 aromatic heterocycles. The van der Waals surface area contributed by atoms with E-state index in [0.717, 1.165) is 37.4 Å². The maximum absolute atomic E-state index is 9.64. The molecule has 1 heterocycles. The van der Waals surface area contributed by atoms with E-state index < -0.39 is 11.9 Å². The second-order valence-electron chi connectivity index (χ2n) is 6.69. The minimum Gasteiger partial charge on any atom is -0.493 e. The largest absolute Gasteiger partial charge is 0.493 e. The van der Waals surface area contributed by atoms with Crippen molar-refractivity contribution in [3.8, 4) is 17.2 Å². The van der Waals surface area contributed by atoms with Crippen molar-refractivity contribution in [2.75, 3.05) is 26.8 Å². The Labute approximate surface area is 185 Å². The van der Waals surface area contributed by atoms with Crippen LogP contribution in [-0.4, -0.2) is 55.1 Å². The number of methoxy groups -OCH3 is 1. The molecular formula is C22H26ClNO7. The molecule has 0 radical (unpaired) electrons. The van der Waals surface area contributed by atoms with E-state index in [2.05, 4.69) is 11.4 Å². The molecule has 1 fully saturated rings. The number of aliphatic carboxylic acids is 2. The fraction of sp³-hybridized carbons (Fsp3) is 0.364. The van der Waals surface area contributed by atoms with Crippen molar-refractivity contribution < 1.29 is 34.0 Å². The minimum absolute atomic E-state index is 0.167. The van der Waals surface area contributed by atoms with Crippen LogP contribution >= 0.6 is 11.6 Å². The number of ether oxygens (including phenoxy) is 3. The Kier molecular flexibility index (Phi) is 10.1. The van der Waals surface area contributed by atoms with Gasteiger partial charge in [-0.25, -0.2) is 0 Å². The first-order valence-corrected chi connectivity index (χ1v) is 10.1. The molecule has 1 saturated heterocycles. The SMILES string of the molecule is COc1cc(Cl)ccc1Oc1ccccc1C[C@H]1CNCCO1.O=C(O)CCC(=O)O. The van der Waals surface area contributed by atoms with E-state index in [0.29, 0.717) is 16.5 Å². The number of morpholine rings is 1. The van der Waals surface area contributed by atoms with Gasteiger partial charge >= 0.3 is 11.9 Å². The van der Waals surface area contributed by atoms with Crippen LogP contribution in [0.5, 0.6) is 17.2 Å². The first-order valence-electron chi connectivity index (χ1n) is 9.74. The molecule has 0 aliphatic carbocycles. The van der Waals surface area contributed by atoms with Gasteiger partial charge in [0.05, 0.1) is 32.7 Å². The summed E-state index contributed by atoms with van der Waals surface area (Å²) < 4.78 is 17.2. The fourth-order valence-electron chi connectivity index (χ4n) is 2.83. The molecule has 3 N–H and O–H groups in total. The number of rotatable bonds is 8. The first kappa shape index (κ1) is 24.5. The van der Waals surface area contributed by atoms with Crippen LogP contribution in [0.3, 0.4) is 0 Å². The lowest BCUT2D eigenvalue weighted by Gasteiger charge is -2.24. The molecule has 3 rings (SSSR count). The van der Waals surface area contributed by atoms with Gasteiger partial charge in [0.25, 0.3) is 0 Å². The molecule has 0 spiro atoms. The summed E-state index contributed by atoms with van der Waals surface area (Å²) in [6.07, 6.45) is 0.379. The molecule has 168 valence electrons.